The summed E-state index contributed by atoms with van der Waals surface area (Å²) < 4.78 is 33.2. The van der Waals surface area contributed by atoms with Crippen molar-refractivity contribution in [3.05, 3.63) is 0 Å². The molecule has 4 nitrogen and oxygen atoms in total. The van der Waals surface area contributed by atoms with Gasteiger partial charge in [0.05, 0.1) is 6.61 Å². The molecule has 0 aromatic rings. The topological polar surface area (TPSA) is 63.6 Å². The predicted octanol–water partition coefficient (Wildman–Crippen LogP) is 5.28. The van der Waals surface area contributed by atoms with Gasteiger partial charge >= 0.3 is 10.4 Å². The van der Waals surface area contributed by atoms with Crippen LogP contribution in [0.3, 0.4) is 0 Å². The van der Waals surface area contributed by atoms with Gasteiger partial charge in [0, 0.05) is 19.5 Å². The van der Waals surface area contributed by atoms with E-state index in [1.54, 1.807) is 0 Å². The normalized spacial score (nSPS) is 11.4. The molecule has 0 saturated heterocycles. The number of unbranched alkanes of at least 4 members (excludes halogenated alkanes) is 13. The third-order valence-electron chi connectivity index (χ3n) is 3.73. The summed E-state index contributed by atoms with van der Waals surface area (Å²) in [4.78, 5) is 0. The fourth-order valence-corrected chi connectivity index (χ4v) is 2.79. The van der Waals surface area contributed by atoms with Gasteiger partial charge in [-0.15, -0.1) is 0 Å². The first kappa shape index (κ1) is 24.7. The molecule has 0 aromatic heterocycles. The first-order chi connectivity index (χ1) is 10.1. The van der Waals surface area contributed by atoms with Gasteiger partial charge < -0.3 is 0 Å². The standard InChI is InChI=1S/C16H34O4S.Zn/c1-2-3-4-5-6-7-8-9-10-11-12-13-14-15-16-20-21(17,18)19;/h2-16H2,1H3,(H,17,18,19);. The van der Waals surface area contributed by atoms with Crippen molar-refractivity contribution in [2.75, 3.05) is 6.61 Å². The molecule has 0 aliphatic carbocycles. The predicted molar refractivity (Wildman–Crippen MR) is 87.8 cm³/mol. The van der Waals surface area contributed by atoms with Crippen LogP contribution in [0.15, 0.2) is 0 Å². The Morgan fingerprint density at radius 3 is 1.32 bits per heavy atom. The average Bonchev–Trinajstić information content (AvgIpc) is 2.42. The summed E-state index contributed by atoms with van der Waals surface area (Å²) in [5, 5.41) is 0. The van der Waals surface area contributed by atoms with Crippen LogP contribution in [0.4, 0.5) is 0 Å². The van der Waals surface area contributed by atoms with Crippen LogP contribution in [-0.4, -0.2) is 19.6 Å². The SMILES string of the molecule is CCCCCCCCCCCCCCCCOS(=O)(=O)O.[Zn]. The van der Waals surface area contributed by atoms with E-state index in [1.807, 2.05) is 0 Å². The molecule has 6 heteroatoms. The quantitative estimate of drug-likeness (QED) is 0.222. The second-order valence-electron chi connectivity index (χ2n) is 5.85. The van der Waals surface area contributed by atoms with Crippen LogP contribution < -0.4 is 0 Å². The molecule has 0 amide bonds. The average molecular weight is 388 g/mol. The summed E-state index contributed by atoms with van der Waals surface area (Å²) in [6.07, 6.45) is 17.6. The van der Waals surface area contributed by atoms with Crippen molar-refractivity contribution in [1.29, 1.82) is 0 Å². The van der Waals surface area contributed by atoms with Gasteiger partial charge in [0.15, 0.2) is 0 Å². The van der Waals surface area contributed by atoms with E-state index in [1.165, 1.54) is 70.6 Å². The Morgan fingerprint density at radius 2 is 1.00 bits per heavy atom. The van der Waals surface area contributed by atoms with E-state index in [2.05, 4.69) is 11.1 Å². The minimum Gasteiger partial charge on any atom is -0.264 e. The second-order valence-corrected chi connectivity index (χ2v) is 6.94. The van der Waals surface area contributed by atoms with E-state index in [-0.39, 0.29) is 26.1 Å². The molecule has 1 N–H and O–H groups in total. The van der Waals surface area contributed by atoms with Crippen LogP contribution in [-0.2, 0) is 34.1 Å². The Hall–Kier alpha value is 0.493. The smallest absolute Gasteiger partial charge is 0.264 e. The van der Waals surface area contributed by atoms with Gasteiger partial charge in [0.2, 0.25) is 0 Å². The Kier molecular flexibility index (Phi) is 20.1. The Morgan fingerprint density at radius 1 is 0.682 bits per heavy atom. The van der Waals surface area contributed by atoms with Crippen LogP contribution in [0, 0.1) is 0 Å². The third-order valence-corrected chi connectivity index (χ3v) is 4.19. The third kappa shape index (κ3) is 22.8. The van der Waals surface area contributed by atoms with Gasteiger partial charge in [-0.3, -0.25) is 4.55 Å². The molecule has 0 unspecified atom stereocenters. The zero-order valence-corrected chi connectivity index (χ0v) is 18.2. The maximum Gasteiger partial charge on any atom is 0.397 e. The number of hydrogen-bond acceptors (Lipinski definition) is 3. The van der Waals surface area contributed by atoms with Crippen molar-refractivity contribution in [3.8, 4) is 0 Å². The summed E-state index contributed by atoms with van der Waals surface area (Å²) in [5.74, 6) is 0. The molecule has 0 atom stereocenters. The minimum absolute atomic E-state index is 0. The summed E-state index contributed by atoms with van der Waals surface area (Å²) >= 11 is 0. The minimum atomic E-state index is -4.24. The van der Waals surface area contributed by atoms with Crippen molar-refractivity contribution in [2.45, 2.75) is 96.8 Å². The van der Waals surface area contributed by atoms with Gasteiger partial charge in [-0.2, -0.15) is 8.42 Å². The molecule has 22 heavy (non-hydrogen) atoms. The molecular formula is C16H34O4SZn. The molecule has 0 aliphatic rings. The monoisotopic (exact) mass is 386 g/mol. The molecule has 0 rings (SSSR count). The number of rotatable bonds is 16. The molecule has 0 saturated carbocycles. The Labute approximate surface area is 150 Å². The van der Waals surface area contributed by atoms with Gasteiger partial charge in [-0.25, -0.2) is 4.18 Å². The van der Waals surface area contributed by atoms with E-state index < -0.39 is 10.4 Å². The van der Waals surface area contributed by atoms with E-state index in [4.69, 9.17) is 4.55 Å². The van der Waals surface area contributed by atoms with Crippen LogP contribution in [0.1, 0.15) is 96.8 Å². The molecule has 0 aliphatic heterocycles. The van der Waals surface area contributed by atoms with E-state index >= 15 is 0 Å². The van der Waals surface area contributed by atoms with Crippen LogP contribution in [0.5, 0.6) is 0 Å². The van der Waals surface area contributed by atoms with Crippen molar-refractivity contribution >= 4 is 10.4 Å². The molecule has 0 spiro atoms. The molecule has 0 bridgehead atoms. The van der Waals surface area contributed by atoms with Crippen molar-refractivity contribution in [3.63, 3.8) is 0 Å². The zero-order chi connectivity index (χ0) is 15.8. The van der Waals surface area contributed by atoms with Gasteiger partial charge in [0.1, 0.15) is 0 Å². The summed E-state index contributed by atoms with van der Waals surface area (Å²) in [6.45, 7) is 2.35. The summed E-state index contributed by atoms with van der Waals surface area (Å²) in [6, 6.07) is 0. The Balaban J connectivity index is 0. The molecular weight excluding hydrogens is 354 g/mol. The molecule has 130 valence electrons. The van der Waals surface area contributed by atoms with Gasteiger partial charge in [0.25, 0.3) is 0 Å². The zero-order valence-electron chi connectivity index (χ0n) is 14.4. The van der Waals surface area contributed by atoms with Crippen LogP contribution >= 0.6 is 0 Å². The van der Waals surface area contributed by atoms with E-state index in [0.717, 1.165) is 12.8 Å². The summed E-state index contributed by atoms with van der Waals surface area (Å²) in [7, 11) is -4.24. The molecule has 0 aromatic carbocycles. The molecule has 0 radical (unpaired) electrons. The van der Waals surface area contributed by atoms with Gasteiger partial charge in [-0.05, 0) is 6.42 Å². The first-order valence-electron chi connectivity index (χ1n) is 8.68. The first-order valence-corrected chi connectivity index (χ1v) is 10.0. The fraction of sp³-hybridized carbons (Fsp3) is 1.00. The Bertz CT molecular complexity index is 307. The van der Waals surface area contributed by atoms with E-state index in [9.17, 15) is 8.42 Å². The van der Waals surface area contributed by atoms with Crippen molar-refractivity contribution in [1.82, 2.24) is 0 Å². The number of hydrogen-bond donors (Lipinski definition) is 1. The van der Waals surface area contributed by atoms with Gasteiger partial charge in [-0.1, -0.05) is 90.4 Å². The maximum atomic E-state index is 10.3. The van der Waals surface area contributed by atoms with Crippen LogP contribution in [0.25, 0.3) is 0 Å². The van der Waals surface area contributed by atoms with Crippen molar-refractivity contribution < 1.29 is 36.6 Å². The fourth-order valence-electron chi connectivity index (χ4n) is 2.46. The molecule has 0 fully saturated rings. The summed E-state index contributed by atoms with van der Waals surface area (Å²) in [5.41, 5.74) is 0. The second kappa shape index (κ2) is 17.8. The van der Waals surface area contributed by atoms with E-state index in [0.29, 0.717) is 6.42 Å². The molecule has 0 heterocycles. The largest absolute Gasteiger partial charge is 0.397 e. The maximum absolute atomic E-state index is 10.3. The van der Waals surface area contributed by atoms with Crippen LogP contribution in [0.2, 0.25) is 0 Å². The van der Waals surface area contributed by atoms with Crippen molar-refractivity contribution in [2.24, 2.45) is 0 Å².